The van der Waals surface area contributed by atoms with Gasteiger partial charge >= 0.3 is 0 Å². The van der Waals surface area contributed by atoms with Gasteiger partial charge in [0.15, 0.2) is 5.76 Å². The van der Waals surface area contributed by atoms with Crippen molar-refractivity contribution in [1.82, 2.24) is 4.90 Å². The number of carbonyl (C=O) groups is 1. The van der Waals surface area contributed by atoms with Gasteiger partial charge in [-0.2, -0.15) is 0 Å². The summed E-state index contributed by atoms with van der Waals surface area (Å²) in [6, 6.07) is 11.8. The van der Waals surface area contributed by atoms with E-state index in [2.05, 4.69) is 12.1 Å². The van der Waals surface area contributed by atoms with Crippen molar-refractivity contribution in [2.45, 2.75) is 32.3 Å². The number of nitrogens with zero attached hydrogens (tertiary/aromatic N) is 1. The molecule has 3 rings (SSSR count). The Hall–Kier alpha value is -2.27. The van der Waals surface area contributed by atoms with Gasteiger partial charge < -0.3 is 18.8 Å². The van der Waals surface area contributed by atoms with E-state index in [0.717, 1.165) is 38.1 Å². The number of carbonyl (C=O) groups excluding carboxylic acids is 1. The molecule has 0 radical (unpaired) electrons. The fraction of sp³-hybridized carbons (Fsp3) is 0.476. The first kappa shape index (κ1) is 18.5. The fourth-order valence-corrected chi connectivity index (χ4v) is 3.55. The van der Waals surface area contributed by atoms with E-state index < -0.39 is 0 Å². The van der Waals surface area contributed by atoms with Gasteiger partial charge in [0, 0.05) is 20.2 Å². The Balaban J connectivity index is 1.55. The van der Waals surface area contributed by atoms with Crippen molar-refractivity contribution in [2.24, 2.45) is 5.92 Å². The van der Waals surface area contributed by atoms with Crippen molar-refractivity contribution in [1.29, 1.82) is 0 Å². The van der Waals surface area contributed by atoms with Gasteiger partial charge in [0.2, 0.25) is 0 Å². The summed E-state index contributed by atoms with van der Waals surface area (Å²) in [5, 5.41) is 0. The molecule has 0 N–H and O–H groups in total. The van der Waals surface area contributed by atoms with Gasteiger partial charge in [-0.15, -0.1) is 0 Å². The summed E-state index contributed by atoms with van der Waals surface area (Å²) in [7, 11) is 3.30. The Kier molecular flexibility index (Phi) is 6.34. The molecule has 5 nitrogen and oxygen atoms in total. The molecule has 0 spiro atoms. The average molecular weight is 357 g/mol. The third-order valence-electron chi connectivity index (χ3n) is 4.94. The van der Waals surface area contributed by atoms with Crippen molar-refractivity contribution in [2.75, 3.05) is 27.3 Å². The monoisotopic (exact) mass is 357 g/mol. The fourth-order valence-electron chi connectivity index (χ4n) is 3.55. The Morgan fingerprint density at radius 3 is 2.96 bits per heavy atom. The molecule has 1 aromatic heterocycles. The zero-order valence-electron chi connectivity index (χ0n) is 15.6. The first-order chi connectivity index (χ1) is 12.7. The summed E-state index contributed by atoms with van der Waals surface area (Å²) in [6.07, 6.45) is 4.29. The smallest absolute Gasteiger partial charge is 0.289 e. The van der Waals surface area contributed by atoms with Gasteiger partial charge in [0.25, 0.3) is 5.91 Å². The zero-order chi connectivity index (χ0) is 18.4. The van der Waals surface area contributed by atoms with Crippen LogP contribution in [0.5, 0.6) is 5.75 Å². The number of aryl methyl sites for hydroxylation is 1. The maximum atomic E-state index is 12.7. The Morgan fingerprint density at radius 1 is 1.27 bits per heavy atom. The van der Waals surface area contributed by atoms with Gasteiger partial charge in [-0.1, -0.05) is 12.1 Å². The molecule has 1 atom stereocenters. The molecule has 1 fully saturated rings. The highest BCUT2D eigenvalue weighted by Crippen LogP contribution is 2.24. The highest BCUT2D eigenvalue weighted by Gasteiger charge is 2.26. The molecule has 2 aromatic rings. The van der Waals surface area contributed by atoms with E-state index in [1.165, 1.54) is 12.0 Å². The van der Waals surface area contributed by atoms with Crippen LogP contribution >= 0.6 is 0 Å². The van der Waals surface area contributed by atoms with Gasteiger partial charge in [0.05, 0.1) is 7.11 Å². The summed E-state index contributed by atoms with van der Waals surface area (Å²) in [5.74, 6) is 2.49. The maximum absolute atomic E-state index is 12.7. The molecule has 1 amide bonds. The molecule has 0 bridgehead atoms. The number of amides is 1. The summed E-state index contributed by atoms with van der Waals surface area (Å²) in [6.45, 7) is 1.98. The number of benzene rings is 1. The van der Waals surface area contributed by atoms with E-state index in [0.29, 0.717) is 24.0 Å². The van der Waals surface area contributed by atoms with Crippen molar-refractivity contribution >= 4 is 5.91 Å². The van der Waals surface area contributed by atoms with Gasteiger partial charge in [-0.05, 0) is 61.4 Å². The van der Waals surface area contributed by atoms with E-state index in [9.17, 15) is 4.79 Å². The van der Waals surface area contributed by atoms with E-state index in [1.54, 1.807) is 26.4 Å². The topological polar surface area (TPSA) is 51.9 Å². The number of methoxy groups -OCH3 is 2. The Morgan fingerprint density at radius 2 is 2.15 bits per heavy atom. The molecule has 26 heavy (non-hydrogen) atoms. The van der Waals surface area contributed by atoms with Crippen molar-refractivity contribution in [3.8, 4) is 5.75 Å². The van der Waals surface area contributed by atoms with Crippen LogP contribution in [0.2, 0.25) is 0 Å². The van der Waals surface area contributed by atoms with Crippen molar-refractivity contribution in [3.63, 3.8) is 0 Å². The second-order valence-corrected chi connectivity index (χ2v) is 6.85. The second kappa shape index (κ2) is 8.90. The van der Waals surface area contributed by atoms with E-state index in [1.807, 2.05) is 17.0 Å². The quantitative estimate of drug-likeness (QED) is 0.754. The van der Waals surface area contributed by atoms with E-state index in [4.69, 9.17) is 13.9 Å². The molecular weight excluding hydrogens is 330 g/mol. The molecule has 140 valence electrons. The van der Waals surface area contributed by atoms with E-state index >= 15 is 0 Å². The lowest BCUT2D eigenvalue weighted by Crippen LogP contribution is -2.39. The molecule has 1 aliphatic rings. The third kappa shape index (κ3) is 4.67. The zero-order valence-corrected chi connectivity index (χ0v) is 15.6. The molecule has 1 aromatic carbocycles. The summed E-state index contributed by atoms with van der Waals surface area (Å²) in [4.78, 5) is 14.6. The van der Waals surface area contributed by atoms with Gasteiger partial charge in [-0.3, -0.25) is 4.79 Å². The number of likely N-dealkylation sites (tertiary alicyclic amines) is 1. The number of hydrogen-bond donors (Lipinski definition) is 0. The first-order valence-corrected chi connectivity index (χ1v) is 9.19. The molecule has 1 aliphatic heterocycles. The number of piperidine rings is 1. The van der Waals surface area contributed by atoms with Gasteiger partial charge in [0.1, 0.15) is 18.1 Å². The van der Waals surface area contributed by atoms with Gasteiger partial charge in [-0.25, -0.2) is 0 Å². The first-order valence-electron chi connectivity index (χ1n) is 9.19. The number of hydrogen-bond acceptors (Lipinski definition) is 4. The normalized spacial score (nSPS) is 17.3. The van der Waals surface area contributed by atoms with Crippen LogP contribution < -0.4 is 4.74 Å². The van der Waals surface area contributed by atoms with Crippen molar-refractivity contribution in [3.05, 3.63) is 53.5 Å². The highest BCUT2D eigenvalue weighted by molar-refractivity contribution is 5.91. The second-order valence-electron chi connectivity index (χ2n) is 6.85. The number of ether oxygens (including phenoxy) is 2. The summed E-state index contributed by atoms with van der Waals surface area (Å²) >= 11 is 0. The van der Waals surface area contributed by atoms with Crippen LogP contribution in [0.25, 0.3) is 0 Å². The lowest BCUT2D eigenvalue weighted by atomic mass is 9.91. The number of rotatable bonds is 7. The largest absolute Gasteiger partial charge is 0.497 e. The predicted octanol–water partition coefficient (Wildman–Crippen LogP) is 3.92. The van der Waals surface area contributed by atoms with E-state index in [-0.39, 0.29) is 5.91 Å². The Labute approximate surface area is 154 Å². The molecule has 0 unspecified atom stereocenters. The minimum absolute atomic E-state index is 0.0153. The lowest BCUT2D eigenvalue weighted by molar-refractivity contribution is 0.0629. The standard InChI is InChI=1S/C21H27NO4/c1-24-15-19-10-11-20(26-19)21(23)22-12-4-6-17(14-22)9-8-16-5-3-7-18(13-16)25-2/h3,5,7,10-11,13,17H,4,6,8-9,12,14-15H2,1-2H3/t17-/m1/s1. The average Bonchev–Trinajstić information content (AvgIpc) is 3.15. The molecular formula is C21H27NO4. The lowest BCUT2D eigenvalue weighted by Gasteiger charge is -2.32. The van der Waals surface area contributed by atoms with Crippen LogP contribution in [0.15, 0.2) is 40.8 Å². The SMILES string of the molecule is COCc1ccc(C(=O)N2CCC[C@H](CCc3cccc(OC)c3)C2)o1. The Bertz CT molecular complexity index is 724. The van der Waals surface area contributed by atoms with Crippen molar-refractivity contribution < 1.29 is 18.7 Å². The van der Waals surface area contributed by atoms with Crippen LogP contribution in [0.1, 0.15) is 41.1 Å². The number of furan rings is 1. The molecule has 2 heterocycles. The molecule has 5 heteroatoms. The molecule has 0 aliphatic carbocycles. The minimum Gasteiger partial charge on any atom is -0.497 e. The summed E-state index contributed by atoms with van der Waals surface area (Å²) in [5.41, 5.74) is 1.28. The van der Waals surface area contributed by atoms with Crippen LogP contribution in [-0.4, -0.2) is 38.1 Å². The summed E-state index contributed by atoms with van der Waals surface area (Å²) < 4.78 is 15.9. The third-order valence-corrected chi connectivity index (χ3v) is 4.94. The van der Waals surface area contributed by atoms with Crippen LogP contribution in [0, 0.1) is 5.92 Å². The van der Waals surface area contributed by atoms with Crippen LogP contribution in [0.3, 0.4) is 0 Å². The van der Waals surface area contributed by atoms with Crippen LogP contribution in [-0.2, 0) is 17.8 Å². The maximum Gasteiger partial charge on any atom is 0.289 e. The predicted molar refractivity (Wildman–Crippen MR) is 99.4 cm³/mol. The highest BCUT2D eigenvalue weighted by atomic mass is 16.5. The van der Waals surface area contributed by atoms with Crippen LogP contribution in [0.4, 0.5) is 0 Å². The molecule has 0 saturated carbocycles. The molecule has 1 saturated heterocycles. The minimum atomic E-state index is -0.0153.